The molecule has 0 saturated heterocycles. The number of rotatable bonds is 4. The van der Waals surface area contributed by atoms with Gasteiger partial charge >= 0.3 is 0 Å². The summed E-state index contributed by atoms with van der Waals surface area (Å²) in [6, 6.07) is 10.4. The van der Waals surface area contributed by atoms with E-state index in [2.05, 4.69) is 41.4 Å². The van der Waals surface area contributed by atoms with Crippen LogP contribution >= 0.6 is 11.8 Å². The minimum absolute atomic E-state index is 0.506. The van der Waals surface area contributed by atoms with E-state index < -0.39 is 0 Å². The van der Waals surface area contributed by atoms with Crippen molar-refractivity contribution < 1.29 is 0 Å². The van der Waals surface area contributed by atoms with Gasteiger partial charge in [0.25, 0.3) is 0 Å². The molecular formula is C13H15N3S. The van der Waals surface area contributed by atoms with E-state index in [9.17, 15) is 0 Å². The Morgan fingerprint density at radius 3 is 2.94 bits per heavy atom. The molecule has 0 saturated carbocycles. The Hall–Kier alpha value is -1.39. The first-order valence-corrected chi connectivity index (χ1v) is 6.47. The molecule has 0 bridgehead atoms. The molecule has 88 valence electrons. The van der Waals surface area contributed by atoms with Crippen LogP contribution in [0.25, 0.3) is 0 Å². The second-order valence-electron chi connectivity index (χ2n) is 3.84. The van der Waals surface area contributed by atoms with E-state index in [-0.39, 0.29) is 0 Å². The topological polar surface area (TPSA) is 51.8 Å². The van der Waals surface area contributed by atoms with Crippen LogP contribution in [-0.2, 0) is 12.3 Å². The SMILES string of the molecule is Cc1cccc(CSc2nnccc2CN)c1. The van der Waals surface area contributed by atoms with Crippen molar-refractivity contribution in [3.8, 4) is 0 Å². The molecule has 0 unspecified atom stereocenters. The second-order valence-corrected chi connectivity index (χ2v) is 4.81. The highest BCUT2D eigenvalue weighted by atomic mass is 32.2. The molecule has 1 aromatic carbocycles. The molecule has 0 aliphatic carbocycles. The summed E-state index contributed by atoms with van der Waals surface area (Å²) in [5.41, 5.74) is 9.29. The van der Waals surface area contributed by atoms with Gasteiger partial charge in [-0.1, -0.05) is 41.6 Å². The third-order valence-corrected chi connectivity index (χ3v) is 3.54. The van der Waals surface area contributed by atoms with Crippen molar-refractivity contribution >= 4 is 11.8 Å². The quantitative estimate of drug-likeness (QED) is 0.841. The van der Waals surface area contributed by atoms with Crippen molar-refractivity contribution in [1.29, 1.82) is 0 Å². The summed E-state index contributed by atoms with van der Waals surface area (Å²) in [6.07, 6.45) is 1.68. The molecule has 0 aliphatic rings. The summed E-state index contributed by atoms with van der Waals surface area (Å²) in [5.74, 6) is 0.896. The van der Waals surface area contributed by atoms with Crippen molar-refractivity contribution in [3.05, 3.63) is 53.2 Å². The van der Waals surface area contributed by atoms with Crippen LogP contribution in [0.5, 0.6) is 0 Å². The van der Waals surface area contributed by atoms with Gasteiger partial charge in [0.1, 0.15) is 5.03 Å². The van der Waals surface area contributed by atoms with Gasteiger partial charge in [-0.3, -0.25) is 0 Å². The maximum Gasteiger partial charge on any atom is 0.124 e. The zero-order valence-corrected chi connectivity index (χ0v) is 10.6. The number of aryl methyl sites for hydroxylation is 1. The summed E-state index contributed by atoms with van der Waals surface area (Å²) in [7, 11) is 0. The minimum Gasteiger partial charge on any atom is -0.326 e. The van der Waals surface area contributed by atoms with Crippen molar-refractivity contribution in [2.45, 2.75) is 24.2 Å². The Kier molecular flexibility index (Phi) is 4.12. The van der Waals surface area contributed by atoms with Crippen LogP contribution in [0.3, 0.4) is 0 Å². The summed E-state index contributed by atoms with van der Waals surface area (Å²) in [4.78, 5) is 0. The fourth-order valence-electron chi connectivity index (χ4n) is 1.58. The van der Waals surface area contributed by atoms with Gasteiger partial charge in [-0.05, 0) is 18.6 Å². The van der Waals surface area contributed by atoms with E-state index in [0.29, 0.717) is 6.54 Å². The van der Waals surface area contributed by atoms with E-state index in [1.165, 1.54) is 11.1 Å². The molecule has 2 aromatic rings. The first kappa shape index (κ1) is 12.1. The lowest BCUT2D eigenvalue weighted by molar-refractivity contribution is 0.866. The summed E-state index contributed by atoms with van der Waals surface area (Å²) >= 11 is 1.68. The zero-order valence-electron chi connectivity index (χ0n) is 9.76. The maximum absolute atomic E-state index is 5.66. The normalized spacial score (nSPS) is 10.5. The fourth-order valence-corrected chi connectivity index (χ4v) is 2.50. The predicted molar refractivity (Wildman–Crippen MR) is 70.7 cm³/mol. The van der Waals surface area contributed by atoms with E-state index in [1.807, 2.05) is 6.07 Å². The van der Waals surface area contributed by atoms with Gasteiger partial charge in [0.15, 0.2) is 0 Å². The van der Waals surface area contributed by atoms with Gasteiger partial charge < -0.3 is 5.73 Å². The lowest BCUT2D eigenvalue weighted by Gasteiger charge is -2.05. The third kappa shape index (κ3) is 3.28. The molecule has 0 amide bonds. The van der Waals surface area contributed by atoms with Gasteiger partial charge in [-0.25, -0.2) is 0 Å². The van der Waals surface area contributed by atoms with Gasteiger partial charge in [0.2, 0.25) is 0 Å². The number of nitrogens with two attached hydrogens (primary N) is 1. The molecule has 3 nitrogen and oxygen atoms in total. The minimum atomic E-state index is 0.506. The number of aromatic nitrogens is 2. The average molecular weight is 245 g/mol. The van der Waals surface area contributed by atoms with E-state index >= 15 is 0 Å². The van der Waals surface area contributed by atoms with Crippen LogP contribution < -0.4 is 5.73 Å². The number of nitrogens with zero attached hydrogens (tertiary/aromatic N) is 2. The third-order valence-electron chi connectivity index (χ3n) is 2.44. The molecule has 0 atom stereocenters. The van der Waals surface area contributed by atoms with Crippen molar-refractivity contribution in [3.63, 3.8) is 0 Å². The first-order valence-electron chi connectivity index (χ1n) is 5.48. The second kappa shape index (κ2) is 5.80. The fraction of sp³-hybridized carbons (Fsp3) is 0.231. The van der Waals surface area contributed by atoms with E-state index in [4.69, 9.17) is 5.73 Å². The van der Waals surface area contributed by atoms with Crippen LogP contribution in [0.4, 0.5) is 0 Å². The number of hydrogen-bond acceptors (Lipinski definition) is 4. The predicted octanol–water partition coefficient (Wildman–Crippen LogP) is 2.54. The van der Waals surface area contributed by atoms with Crippen LogP contribution in [0.2, 0.25) is 0 Å². The standard InChI is InChI=1S/C13H15N3S/c1-10-3-2-4-11(7-10)9-17-13-12(8-14)5-6-15-16-13/h2-7H,8-9,14H2,1H3. The largest absolute Gasteiger partial charge is 0.326 e. The van der Waals surface area contributed by atoms with Crippen molar-refractivity contribution in [2.24, 2.45) is 5.73 Å². The zero-order chi connectivity index (χ0) is 12.1. The Labute approximate surface area is 105 Å². The Bertz CT molecular complexity index is 500. The highest BCUT2D eigenvalue weighted by Gasteiger charge is 2.03. The number of hydrogen-bond donors (Lipinski definition) is 1. The molecule has 1 heterocycles. The van der Waals surface area contributed by atoms with Crippen LogP contribution in [-0.4, -0.2) is 10.2 Å². The van der Waals surface area contributed by atoms with Crippen molar-refractivity contribution in [1.82, 2.24) is 10.2 Å². The molecule has 0 aliphatic heterocycles. The molecular weight excluding hydrogens is 230 g/mol. The Morgan fingerprint density at radius 1 is 1.29 bits per heavy atom. The molecule has 2 N–H and O–H groups in total. The van der Waals surface area contributed by atoms with Gasteiger partial charge in [-0.2, -0.15) is 5.10 Å². The molecule has 17 heavy (non-hydrogen) atoms. The van der Waals surface area contributed by atoms with Crippen molar-refractivity contribution in [2.75, 3.05) is 0 Å². The monoisotopic (exact) mass is 245 g/mol. The Morgan fingerprint density at radius 2 is 2.18 bits per heavy atom. The summed E-state index contributed by atoms with van der Waals surface area (Å²) in [6.45, 7) is 2.60. The lowest BCUT2D eigenvalue weighted by Crippen LogP contribution is -2.01. The first-order chi connectivity index (χ1) is 8.29. The van der Waals surface area contributed by atoms with Crippen LogP contribution in [0, 0.1) is 6.92 Å². The summed E-state index contributed by atoms with van der Waals surface area (Å²) < 4.78 is 0. The maximum atomic E-state index is 5.66. The molecule has 1 aromatic heterocycles. The molecule has 2 rings (SSSR count). The highest BCUT2D eigenvalue weighted by molar-refractivity contribution is 7.98. The number of benzene rings is 1. The smallest absolute Gasteiger partial charge is 0.124 e. The van der Waals surface area contributed by atoms with Gasteiger partial charge in [0, 0.05) is 24.1 Å². The van der Waals surface area contributed by atoms with E-state index in [1.54, 1.807) is 18.0 Å². The van der Waals surface area contributed by atoms with Gasteiger partial charge in [-0.15, -0.1) is 5.10 Å². The van der Waals surface area contributed by atoms with E-state index in [0.717, 1.165) is 16.3 Å². The molecule has 0 fully saturated rings. The molecule has 4 heteroatoms. The van der Waals surface area contributed by atoms with Crippen LogP contribution in [0.15, 0.2) is 41.6 Å². The molecule has 0 spiro atoms. The average Bonchev–Trinajstić information content (AvgIpc) is 2.37. The highest BCUT2D eigenvalue weighted by Crippen LogP contribution is 2.23. The van der Waals surface area contributed by atoms with Gasteiger partial charge in [0.05, 0.1) is 0 Å². The Balaban J connectivity index is 2.07. The van der Waals surface area contributed by atoms with Crippen LogP contribution in [0.1, 0.15) is 16.7 Å². The lowest BCUT2D eigenvalue weighted by atomic mass is 10.2. The summed E-state index contributed by atoms with van der Waals surface area (Å²) in [5, 5.41) is 8.94. The molecule has 0 radical (unpaired) electrons. The number of thioether (sulfide) groups is 1.